The van der Waals surface area contributed by atoms with Crippen molar-refractivity contribution >= 4 is 10.0 Å². The maximum atomic E-state index is 13.1. The molecule has 24 heavy (non-hydrogen) atoms. The van der Waals surface area contributed by atoms with Gasteiger partial charge in [0.15, 0.2) is 0 Å². The highest BCUT2D eigenvalue weighted by Crippen LogP contribution is 2.30. The van der Waals surface area contributed by atoms with Gasteiger partial charge in [-0.2, -0.15) is 13.2 Å². The molecule has 8 heteroatoms. The van der Waals surface area contributed by atoms with Crippen molar-refractivity contribution in [2.24, 2.45) is 0 Å². The van der Waals surface area contributed by atoms with Gasteiger partial charge in [-0.3, -0.25) is 0 Å². The summed E-state index contributed by atoms with van der Waals surface area (Å²) in [4.78, 5) is -0.0809. The van der Waals surface area contributed by atoms with Gasteiger partial charge in [-0.15, -0.1) is 0 Å². The zero-order valence-electron chi connectivity index (χ0n) is 12.9. The second-order valence-electron chi connectivity index (χ2n) is 5.37. The van der Waals surface area contributed by atoms with E-state index in [1.165, 1.54) is 26.0 Å². The number of halogens is 4. The molecule has 1 N–H and O–H groups in total. The summed E-state index contributed by atoms with van der Waals surface area (Å²) in [6, 6.07) is 6.74. The molecule has 0 fully saturated rings. The molecular weight excluding hydrogens is 346 g/mol. The normalized spacial score (nSPS) is 13.8. The maximum absolute atomic E-state index is 13.1. The molecule has 0 aliphatic heterocycles. The molecule has 0 spiro atoms. The fourth-order valence-electron chi connectivity index (χ4n) is 2.24. The molecule has 0 aliphatic rings. The maximum Gasteiger partial charge on any atom is 0.416 e. The molecule has 130 valence electrons. The van der Waals surface area contributed by atoms with Crippen LogP contribution in [0.5, 0.6) is 0 Å². The summed E-state index contributed by atoms with van der Waals surface area (Å²) in [6.07, 6.45) is -4.45. The average molecular weight is 361 g/mol. The summed E-state index contributed by atoms with van der Waals surface area (Å²) in [5, 5.41) is 0. The third-order valence-electron chi connectivity index (χ3n) is 3.50. The number of nitrogens with one attached hydrogen (secondary N) is 1. The first-order valence-electron chi connectivity index (χ1n) is 6.96. The third-order valence-corrected chi connectivity index (χ3v) is 5.20. The second-order valence-corrected chi connectivity index (χ2v) is 7.05. The quantitative estimate of drug-likeness (QED) is 0.830. The van der Waals surface area contributed by atoms with Gasteiger partial charge in [-0.25, -0.2) is 17.5 Å². The van der Waals surface area contributed by atoms with Crippen LogP contribution in [0.15, 0.2) is 47.4 Å². The fourth-order valence-corrected chi connectivity index (χ4v) is 3.70. The summed E-state index contributed by atoms with van der Waals surface area (Å²) in [6.45, 7) is 2.97. The number of sulfonamides is 1. The van der Waals surface area contributed by atoms with Crippen molar-refractivity contribution in [2.45, 2.75) is 31.0 Å². The Morgan fingerprint density at radius 2 is 1.62 bits per heavy atom. The van der Waals surface area contributed by atoms with Gasteiger partial charge in [0, 0.05) is 6.04 Å². The molecule has 0 aromatic heterocycles. The summed E-state index contributed by atoms with van der Waals surface area (Å²) in [5.41, 5.74) is -0.191. The van der Waals surface area contributed by atoms with Crippen molar-refractivity contribution in [1.82, 2.24) is 4.72 Å². The standard InChI is InChI=1S/C16H15F4NO2S/c1-10-9-14(17)7-8-15(10)24(22,23)21-11(2)12-3-5-13(6-4-12)16(18,19)20/h3-9,11,21H,1-2H3. The first kappa shape index (κ1) is 18.4. The first-order chi connectivity index (χ1) is 11.0. The highest BCUT2D eigenvalue weighted by molar-refractivity contribution is 7.89. The van der Waals surface area contributed by atoms with E-state index in [1.807, 2.05) is 0 Å². The molecule has 0 aliphatic carbocycles. The van der Waals surface area contributed by atoms with E-state index in [0.29, 0.717) is 5.56 Å². The lowest BCUT2D eigenvalue weighted by Crippen LogP contribution is -2.27. The molecule has 2 rings (SSSR count). The molecule has 1 atom stereocenters. The molecular formula is C16H15F4NO2S. The highest BCUT2D eigenvalue weighted by Gasteiger charge is 2.30. The lowest BCUT2D eigenvalue weighted by molar-refractivity contribution is -0.137. The van der Waals surface area contributed by atoms with E-state index >= 15 is 0 Å². The second kappa shape index (κ2) is 6.52. The molecule has 1 unspecified atom stereocenters. The van der Waals surface area contributed by atoms with E-state index in [0.717, 1.165) is 30.3 Å². The number of hydrogen-bond donors (Lipinski definition) is 1. The predicted molar refractivity (Wildman–Crippen MR) is 81.3 cm³/mol. The van der Waals surface area contributed by atoms with Crippen LogP contribution in [-0.2, 0) is 16.2 Å². The topological polar surface area (TPSA) is 46.2 Å². The lowest BCUT2D eigenvalue weighted by Gasteiger charge is -2.16. The Hall–Kier alpha value is -1.93. The van der Waals surface area contributed by atoms with Crippen LogP contribution in [0.1, 0.15) is 29.7 Å². The summed E-state index contributed by atoms with van der Waals surface area (Å²) in [5.74, 6) is -0.553. The smallest absolute Gasteiger partial charge is 0.207 e. The minimum Gasteiger partial charge on any atom is -0.207 e. The number of alkyl halides is 3. The van der Waals surface area contributed by atoms with Crippen molar-refractivity contribution < 1.29 is 26.0 Å². The van der Waals surface area contributed by atoms with E-state index in [9.17, 15) is 26.0 Å². The largest absolute Gasteiger partial charge is 0.416 e. The van der Waals surface area contributed by atoms with Crippen LogP contribution in [-0.4, -0.2) is 8.42 Å². The first-order valence-corrected chi connectivity index (χ1v) is 8.44. The Kier molecular flexibility index (Phi) is 5.00. The Morgan fingerprint density at radius 1 is 1.04 bits per heavy atom. The molecule has 0 heterocycles. The molecule has 0 amide bonds. The Morgan fingerprint density at radius 3 is 2.12 bits per heavy atom. The van der Waals surface area contributed by atoms with Crippen LogP contribution in [0, 0.1) is 12.7 Å². The Balaban J connectivity index is 2.23. The predicted octanol–water partition coefficient (Wildman–Crippen LogP) is 4.19. The fraction of sp³-hybridized carbons (Fsp3) is 0.250. The Bertz CT molecular complexity index is 830. The van der Waals surface area contributed by atoms with Gasteiger partial charge in [-0.05, 0) is 55.3 Å². The van der Waals surface area contributed by atoms with E-state index in [-0.39, 0.29) is 10.5 Å². The number of hydrogen-bond acceptors (Lipinski definition) is 2. The van der Waals surface area contributed by atoms with E-state index in [1.54, 1.807) is 0 Å². The minimum absolute atomic E-state index is 0.0809. The van der Waals surface area contributed by atoms with Gasteiger partial charge in [-0.1, -0.05) is 12.1 Å². The monoisotopic (exact) mass is 361 g/mol. The molecule has 0 saturated heterocycles. The van der Waals surface area contributed by atoms with Crippen molar-refractivity contribution in [3.63, 3.8) is 0 Å². The van der Waals surface area contributed by atoms with Gasteiger partial charge >= 0.3 is 6.18 Å². The van der Waals surface area contributed by atoms with Crippen LogP contribution >= 0.6 is 0 Å². The number of rotatable bonds is 4. The molecule has 3 nitrogen and oxygen atoms in total. The van der Waals surface area contributed by atoms with Crippen molar-refractivity contribution in [3.8, 4) is 0 Å². The van der Waals surface area contributed by atoms with Crippen molar-refractivity contribution in [3.05, 3.63) is 65.0 Å². The van der Waals surface area contributed by atoms with Crippen LogP contribution in [0.4, 0.5) is 17.6 Å². The van der Waals surface area contributed by atoms with Gasteiger partial charge in [0.2, 0.25) is 10.0 Å². The number of aryl methyl sites for hydroxylation is 1. The Labute approximate surface area is 137 Å². The zero-order chi connectivity index (χ0) is 18.1. The minimum atomic E-state index is -4.45. The summed E-state index contributed by atoms with van der Waals surface area (Å²) in [7, 11) is -3.93. The molecule has 0 bridgehead atoms. The average Bonchev–Trinajstić information content (AvgIpc) is 2.45. The molecule has 2 aromatic carbocycles. The van der Waals surface area contributed by atoms with E-state index in [4.69, 9.17) is 0 Å². The van der Waals surface area contributed by atoms with Crippen LogP contribution < -0.4 is 4.72 Å². The van der Waals surface area contributed by atoms with Crippen molar-refractivity contribution in [2.75, 3.05) is 0 Å². The van der Waals surface area contributed by atoms with Crippen LogP contribution in [0.2, 0.25) is 0 Å². The lowest BCUT2D eigenvalue weighted by atomic mass is 10.1. The van der Waals surface area contributed by atoms with E-state index in [2.05, 4.69) is 4.72 Å². The van der Waals surface area contributed by atoms with Gasteiger partial charge in [0.25, 0.3) is 0 Å². The molecule has 0 saturated carbocycles. The van der Waals surface area contributed by atoms with Gasteiger partial charge in [0.1, 0.15) is 5.82 Å². The molecule has 2 aromatic rings. The number of benzene rings is 2. The zero-order valence-corrected chi connectivity index (χ0v) is 13.7. The van der Waals surface area contributed by atoms with Gasteiger partial charge < -0.3 is 0 Å². The molecule has 0 radical (unpaired) electrons. The third kappa shape index (κ3) is 4.12. The highest BCUT2D eigenvalue weighted by atomic mass is 32.2. The van der Waals surface area contributed by atoms with Gasteiger partial charge in [0.05, 0.1) is 10.5 Å². The van der Waals surface area contributed by atoms with E-state index < -0.39 is 33.6 Å². The SMILES string of the molecule is Cc1cc(F)ccc1S(=O)(=O)NC(C)c1ccc(C(F)(F)F)cc1. The summed E-state index contributed by atoms with van der Waals surface area (Å²) < 4.78 is 77.8. The van der Waals surface area contributed by atoms with Crippen LogP contribution in [0.25, 0.3) is 0 Å². The van der Waals surface area contributed by atoms with Crippen molar-refractivity contribution in [1.29, 1.82) is 0 Å². The van der Waals surface area contributed by atoms with Crippen LogP contribution in [0.3, 0.4) is 0 Å². The summed E-state index contributed by atoms with van der Waals surface area (Å²) >= 11 is 0.